The zero-order valence-corrected chi connectivity index (χ0v) is 17.0. The van der Waals surface area contributed by atoms with E-state index in [9.17, 15) is 0 Å². The summed E-state index contributed by atoms with van der Waals surface area (Å²) in [5.41, 5.74) is 12.5. The van der Waals surface area contributed by atoms with Gasteiger partial charge in [0.1, 0.15) is 0 Å². The number of para-hydroxylation sites is 1. The van der Waals surface area contributed by atoms with E-state index < -0.39 is 0 Å². The van der Waals surface area contributed by atoms with E-state index in [-0.39, 0.29) is 0 Å². The van der Waals surface area contributed by atoms with Crippen molar-refractivity contribution in [1.82, 2.24) is 4.98 Å². The highest BCUT2D eigenvalue weighted by Crippen LogP contribution is 2.38. The molecule has 0 bridgehead atoms. The largest absolute Gasteiger partial charge is 0.354 e. The third-order valence-corrected chi connectivity index (χ3v) is 6.17. The molecule has 3 rings (SSSR count). The maximum Gasteiger partial charge on any atom is 0.0508 e. The third kappa shape index (κ3) is 3.70. The van der Waals surface area contributed by atoms with Gasteiger partial charge in [-0.2, -0.15) is 0 Å². The second kappa shape index (κ2) is 8.79. The Morgan fingerprint density at radius 1 is 1.08 bits per heavy atom. The van der Waals surface area contributed by atoms with Crippen LogP contribution in [0.25, 0.3) is 22.2 Å². The Morgan fingerprint density at radius 2 is 1.88 bits per heavy atom. The van der Waals surface area contributed by atoms with Gasteiger partial charge >= 0.3 is 0 Å². The van der Waals surface area contributed by atoms with Crippen molar-refractivity contribution in [3.8, 4) is 11.3 Å². The van der Waals surface area contributed by atoms with E-state index in [1.54, 1.807) is 0 Å². The highest BCUT2D eigenvalue weighted by Gasteiger charge is 2.18. The number of benzene rings is 2. The molecule has 1 heterocycles. The van der Waals surface area contributed by atoms with Crippen molar-refractivity contribution < 1.29 is 0 Å². The Labute approximate surface area is 161 Å². The van der Waals surface area contributed by atoms with Crippen molar-refractivity contribution in [3.63, 3.8) is 0 Å². The van der Waals surface area contributed by atoms with Crippen LogP contribution < -0.4 is 5.73 Å². The van der Waals surface area contributed by atoms with Crippen LogP contribution in [0, 0.1) is 0 Å². The zero-order chi connectivity index (χ0) is 18.5. The predicted octanol–water partition coefficient (Wildman–Crippen LogP) is 6.35. The molecule has 0 radical (unpaired) electrons. The molecule has 0 spiro atoms. The fourth-order valence-electron chi connectivity index (χ4n) is 3.71. The summed E-state index contributed by atoms with van der Waals surface area (Å²) >= 11 is 1.81. The lowest BCUT2D eigenvalue weighted by atomic mass is 9.94. The van der Waals surface area contributed by atoms with Gasteiger partial charge in [-0.05, 0) is 61.6 Å². The van der Waals surface area contributed by atoms with Gasteiger partial charge in [-0.15, -0.1) is 11.8 Å². The smallest absolute Gasteiger partial charge is 0.0508 e. The van der Waals surface area contributed by atoms with Gasteiger partial charge in [0.2, 0.25) is 0 Å². The average Bonchev–Trinajstić information content (AvgIpc) is 3.06. The monoisotopic (exact) mass is 366 g/mol. The molecule has 0 fully saturated rings. The van der Waals surface area contributed by atoms with Gasteiger partial charge in [-0.3, -0.25) is 0 Å². The number of rotatable bonds is 8. The van der Waals surface area contributed by atoms with Crippen LogP contribution in [0.3, 0.4) is 0 Å². The van der Waals surface area contributed by atoms with Gasteiger partial charge in [-0.25, -0.2) is 0 Å². The van der Waals surface area contributed by atoms with Crippen LogP contribution in [0.4, 0.5) is 0 Å². The molecule has 2 aromatic carbocycles. The Bertz CT molecular complexity index is 866. The second-order valence-corrected chi connectivity index (χ2v) is 7.85. The number of aromatic amines is 1. The molecule has 1 atom stereocenters. The number of aryl methyl sites for hydroxylation is 1. The van der Waals surface area contributed by atoms with Crippen LogP contribution in [0.2, 0.25) is 0 Å². The topological polar surface area (TPSA) is 41.8 Å². The average molecular weight is 367 g/mol. The number of hydrogen-bond acceptors (Lipinski definition) is 2. The molecule has 0 aliphatic rings. The van der Waals surface area contributed by atoms with Crippen molar-refractivity contribution in [2.75, 3.05) is 12.8 Å². The highest BCUT2D eigenvalue weighted by molar-refractivity contribution is 7.98. The van der Waals surface area contributed by atoms with E-state index in [0.717, 1.165) is 32.2 Å². The summed E-state index contributed by atoms with van der Waals surface area (Å²) in [5.74, 6) is 0.554. The van der Waals surface area contributed by atoms with E-state index in [1.807, 2.05) is 11.8 Å². The molecule has 3 heteroatoms. The van der Waals surface area contributed by atoms with Crippen molar-refractivity contribution in [2.24, 2.45) is 5.73 Å². The number of aromatic nitrogens is 1. The Kier molecular flexibility index (Phi) is 6.44. The molecule has 1 aromatic heterocycles. The number of nitrogens with two attached hydrogens (primary N) is 1. The Balaban J connectivity index is 2.21. The van der Waals surface area contributed by atoms with Crippen LogP contribution in [-0.2, 0) is 6.42 Å². The lowest BCUT2D eigenvalue weighted by Crippen LogP contribution is -1.99. The fraction of sp³-hybridized carbons (Fsp3) is 0.391. The normalized spacial score (nSPS) is 12.6. The van der Waals surface area contributed by atoms with Gasteiger partial charge in [0.25, 0.3) is 0 Å². The van der Waals surface area contributed by atoms with Crippen molar-refractivity contribution in [3.05, 3.63) is 53.6 Å². The Morgan fingerprint density at radius 3 is 2.62 bits per heavy atom. The molecule has 0 amide bonds. The zero-order valence-electron chi connectivity index (χ0n) is 16.1. The van der Waals surface area contributed by atoms with Gasteiger partial charge in [0.05, 0.1) is 5.69 Å². The van der Waals surface area contributed by atoms with Crippen LogP contribution >= 0.6 is 11.8 Å². The molecule has 3 aromatic rings. The molecule has 0 aliphatic carbocycles. The molecule has 3 N–H and O–H groups in total. The molecule has 0 saturated heterocycles. The van der Waals surface area contributed by atoms with Crippen molar-refractivity contribution in [1.29, 1.82) is 0 Å². The molecule has 1 unspecified atom stereocenters. The number of fused-ring (bicyclic) bond motifs is 1. The summed E-state index contributed by atoms with van der Waals surface area (Å²) in [7, 11) is 0. The molecule has 0 saturated carbocycles. The van der Waals surface area contributed by atoms with Gasteiger partial charge in [0, 0.05) is 21.4 Å². The lowest BCUT2D eigenvalue weighted by Gasteiger charge is -2.10. The number of H-pyrrole nitrogens is 1. The molecule has 0 aliphatic heterocycles. The first-order chi connectivity index (χ1) is 12.7. The quantitative estimate of drug-likeness (QED) is 0.360. The maximum absolute atomic E-state index is 5.75. The maximum atomic E-state index is 5.75. The first kappa shape index (κ1) is 19.1. The Hall–Kier alpha value is -1.71. The summed E-state index contributed by atoms with van der Waals surface area (Å²) in [6, 6.07) is 15.5. The number of thioether (sulfide) groups is 1. The lowest BCUT2D eigenvalue weighted by molar-refractivity contribution is 0.738. The van der Waals surface area contributed by atoms with Crippen molar-refractivity contribution >= 4 is 22.7 Å². The minimum Gasteiger partial charge on any atom is -0.354 e. The van der Waals surface area contributed by atoms with E-state index in [1.165, 1.54) is 38.2 Å². The summed E-state index contributed by atoms with van der Waals surface area (Å²) in [5, 5.41) is 1.38. The van der Waals surface area contributed by atoms with Crippen LogP contribution in [-0.4, -0.2) is 17.8 Å². The minimum absolute atomic E-state index is 0.554. The third-order valence-electron chi connectivity index (χ3n) is 5.37. The standard InChI is InChI=1S/C23H30N2S/c1-4-16(2)17-12-9-13-19-18(10-7-8-15-24)23(25-22(17)19)20-11-5-6-14-21(20)26-3/h5-6,9,11-14,16,25H,4,7-8,10,15,24H2,1-3H3. The first-order valence-corrected chi connectivity index (χ1v) is 10.9. The van der Waals surface area contributed by atoms with Crippen LogP contribution in [0.15, 0.2) is 47.4 Å². The van der Waals surface area contributed by atoms with Crippen molar-refractivity contribution in [2.45, 2.75) is 50.3 Å². The molecular weight excluding hydrogens is 336 g/mol. The summed E-state index contributed by atoms with van der Waals surface area (Å²) < 4.78 is 0. The SMILES string of the molecule is CCC(C)c1cccc2c(CCCCN)c(-c3ccccc3SC)[nH]c12. The van der Waals surface area contributed by atoms with Crippen LogP contribution in [0.5, 0.6) is 0 Å². The predicted molar refractivity (Wildman–Crippen MR) is 116 cm³/mol. The van der Waals surface area contributed by atoms with Crippen LogP contribution in [0.1, 0.15) is 50.2 Å². The fourth-order valence-corrected chi connectivity index (χ4v) is 4.32. The van der Waals surface area contributed by atoms with Gasteiger partial charge < -0.3 is 10.7 Å². The summed E-state index contributed by atoms with van der Waals surface area (Å²) in [6.07, 6.45) is 6.57. The first-order valence-electron chi connectivity index (χ1n) is 9.68. The molecule has 26 heavy (non-hydrogen) atoms. The van der Waals surface area contributed by atoms with E-state index in [4.69, 9.17) is 5.73 Å². The van der Waals surface area contributed by atoms with E-state index in [0.29, 0.717) is 5.92 Å². The number of nitrogens with one attached hydrogen (secondary N) is 1. The number of hydrogen-bond donors (Lipinski definition) is 2. The van der Waals surface area contributed by atoms with Gasteiger partial charge in [0.15, 0.2) is 0 Å². The molecule has 138 valence electrons. The second-order valence-electron chi connectivity index (χ2n) is 7.00. The highest BCUT2D eigenvalue weighted by atomic mass is 32.2. The van der Waals surface area contributed by atoms with Gasteiger partial charge in [-0.1, -0.05) is 50.2 Å². The molecule has 2 nitrogen and oxygen atoms in total. The van der Waals surface area contributed by atoms with E-state index in [2.05, 4.69) is 67.6 Å². The van der Waals surface area contributed by atoms with E-state index >= 15 is 0 Å². The minimum atomic E-state index is 0.554. The summed E-state index contributed by atoms with van der Waals surface area (Å²) in [4.78, 5) is 5.14. The summed E-state index contributed by atoms with van der Waals surface area (Å²) in [6.45, 7) is 5.34. The number of unbranched alkanes of at least 4 members (excludes halogenated alkanes) is 1. The molecular formula is C23H30N2S.